The van der Waals surface area contributed by atoms with Crippen LogP contribution in [0, 0.1) is 0 Å². The zero-order valence-corrected chi connectivity index (χ0v) is 10.4. The second-order valence-electron chi connectivity index (χ2n) is 3.58. The van der Waals surface area contributed by atoms with Gasteiger partial charge >= 0.3 is 0 Å². The van der Waals surface area contributed by atoms with Gasteiger partial charge in [-0.1, -0.05) is 13.0 Å². The van der Waals surface area contributed by atoms with Gasteiger partial charge in [0.25, 0.3) is 0 Å². The summed E-state index contributed by atoms with van der Waals surface area (Å²) in [4.78, 5) is 4.21. The summed E-state index contributed by atoms with van der Waals surface area (Å²) in [7, 11) is -0.767. The Hall–Kier alpha value is -1.14. The third-order valence-corrected chi connectivity index (χ3v) is 3.69. The Morgan fingerprint density at radius 1 is 1.50 bits per heavy atom. The highest BCUT2D eigenvalue weighted by Crippen LogP contribution is 2.08. The molecule has 0 aliphatic carbocycles. The van der Waals surface area contributed by atoms with E-state index in [1.165, 1.54) is 0 Å². The largest absolute Gasteiger partial charge is 0.370 e. The highest BCUT2D eigenvalue weighted by molar-refractivity contribution is 7.84. The third-order valence-electron chi connectivity index (χ3n) is 2.32. The van der Waals surface area contributed by atoms with Crippen LogP contribution in [-0.4, -0.2) is 27.2 Å². The molecule has 4 N–H and O–H groups in total. The van der Waals surface area contributed by atoms with Crippen molar-refractivity contribution in [2.24, 2.45) is 5.84 Å². The number of nitrogens with one attached hydrogen (secondary N) is 2. The molecular formula is C10H18N4OS. The predicted molar refractivity (Wildman–Crippen MR) is 68.7 cm³/mol. The number of aromatic nitrogens is 1. The first-order chi connectivity index (χ1) is 7.63. The van der Waals surface area contributed by atoms with Crippen molar-refractivity contribution in [3.05, 3.63) is 18.2 Å². The Morgan fingerprint density at radius 2 is 2.19 bits per heavy atom. The van der Waals surface area contributed by atoms with Gasteiger partial charge in [0, 0.05) is 28.9 Å². The lowest BCUT2D eigenvalue weighted by atomic mass is 10.3. The van der Waals surface area contributed by atoms with Crippen LogP contribution in [0.15, 0.2) is 18.2 Å². The molecule has 0 aromatic carbocycles. The summed E-state index contributed by atoms with van der Waals surface area (Å²) in [6.07, 6.45) is 2.58. The molecule has 0 saturated heterocycles. The number of nitrogens with two attached hydrogens (primary N) is 1. The van der Waals surface area contributed by atoms with E-state index in [0.29, 0.717) is 5.82 Å². The Morgan fingerprint density at radius 3 is 2.81 bits per heavy atom. The molecule has 0 fully saturated rings. The molecule has 0 spiro atoms. The van der Waals surface area contributed by atoms with Crippen LogP contribution in [0.2, 0.25) is 0 Å². The maximum Gasteiger partial charge on any atom is 0.142 e. The fourth-order valence-electron chi connectivity index (χ4n) is 1.18. The Bertz CT molecular complexity index is 358. The first-order valence-corrected chi connectivity index (χ1v) is 6.75. The molecule has 2 atom stereocenters. The molecule has 6 heteroatoms. The van der Waals surface area contributed by atoms with Crippen molar-refractivity contribution in [1.82, 2.24) is 4.98 Å². The molecule has 1 heterocycles. The van der Waals surface area contributed by atoms with Crippen LogP contribution in [0.3, 0.4) is 0 Å². The van der Waals surface area contributed by atoms with E-state index in [1.807, 2.05) is 19.1 Å². The fraction of sp³-hybridized carbons (Fsp3) is 0.500. The molecule has 5 nitrogen and oxygen atoms in total. The van der Waals surface area contributed by atoms with Gasteiger partial charge in [0.05, 0.1) is 0 Å². The van der Waals surface area contributed by atoms with Gasteiger partial charge in [-0.15, -0.1) is 0 Å². The minimum Gasteiger partial charge on any atom is -0.370 e. The van der Waals surface area contributed by atoms with Crippen LogP contribution in [0.25, 0.3) is 0 Å². The molecule has 0 bridgehead atoms. The molecule has 1 rings (SSSR count). The molecular weight excluding hydrogens is 224 g/mol. The van der Waals surface area contributed by atoms with E-state index < -0.39 is 10.8 Å². The van der Waals surface area contributed by atoms with Crippen molar-refractivity contribution in [2.45, 2.75) is 18.6 Å². The maximum absolute atomic E-state index is 11.1. The molecule has 2 unspecified atom stereocenters. The van der Waals surface area contributed by atoms with Crippen molar-refractivity contribution >= 4 is 22.4 Å². The van der Waals surface area contributed by atoms with Gasteiger partial charge in [0.15, 0.2) is 0 Å². The van der Waals surface area contributed by atoms with Crippen molar-refractivity contribution in [1.29, 1.82) is 0 Å². The lowest BCUT2D eigenvalue weighted by Crippen LogP contribution is -2.15. The molecule has 16 heavy (non-hydrogen) atoms. The molecule has 1 aromatic heterocycles. The lowest BCUT2D eigenvalue weighted by Gasteiger charge is -2.10. The van der Waals surface area contributed by atoms with Crippen LogP contribution in [0.5, 0.6) is 0 Å². The average molecular weight is 242 g/mol. The number of rotatable bonds is 6. The van der Waals surface area contributed by atoms with Crippen molar-refractivity contribution < 1.29 is 4.21 Å². The smallest absolute Gasteiger partial charge is 0.142 e. The van der Waals surface area contributed by atoms with Crippen LogP contribution in [-0.2, 0) is 10.8 Å². The summed E-state index contributed by atoms with van der Waals surface area (Å²) < 4.78 is 11.1. The minimum atomic E-state index is -0.767. The second-order valence-corrected chi connectivity index (χ2v) is 5.38. The summed E-state index contributed by atoms with van der Waals surface area (Å²) in [5.41, 5.74) is 2.49. The Kier molecular flexibility index (Phi) is 5.21. The predicted octanol–water partition coefficient (Wildman–Crippen LogP) is 0.936. The molecule has 0 saturated carbocycles. The number of anilines is 2. The van der Waals surface area contributed by atoms with E-state index >= 15 is 0 Å². The maximum atomic E-state index is 11.1. The topological polar surface area (TPSA) is 80.0 Å². The molecule has 0 aliphatic rings. The SMILES string of the molecule is CC(CCNc1cccc(NN)n1)S(C)=O. The summed E-state index contributed by atoms with van der Waals surface area (Å²) in [5.74, 6) is 6.65. The van der Waals surface area contributed by atoms with Crippen LogP contribution < -0.4 is 16.6 Å². The number of nitrogens with zero attached hydrogens (tertiary/aromatic N) is 1. The first-order valence-electron chi connectivity index (χ1n) is 5.13. The highest BCUT2D eigenvalue weighted by atomic mass is 32.2. The number of hydrogen-bond acceptors (Lipinski definition) is 5. The zero-order chi connectivity index (χ0) is 12.0. The number of nitrogen functional groups attached to an aromatic ring is 1. The van der Waals surface area contributed by atoms with Gasteiger partial charge in [-0.05, 0) is 18.6 Å². The van der Waals surface area contributed by atoms with Crippen molar-refractivity contribution in [3.8, 4) is 0 Å². The summed E-state index contributed by atoms with van der Waals surface area (Å²) in [5, 5.41) is 3.36. The zero-order valence-electron chi connectivity index (χ0n) is 9.56. The van der Waals surface area contributed by atoms with Crippen LogP contribution in [0.1, 0.15) is 13.3 Å². The number of hydrogen-bond donors (Lipinski definition) is 3. The minimum absolute atomic E-state index is 0.198. The third kappa shape index (κ3) is 4.16. The van der Waals surface area contributed by atoms with E-state index in [0.717, 1.165) is 18.8 Å². The van der Waals surface area contributed by atoms with Gasteiger partial charge in [-0.3, -0.25) is 4.21 Å². The van der Waals surface area contributed by atoms with E-state index in [2.05, 4.69) is 15.7 Å². The van der Waals surface area contributed by atoms with Crippen molar-refractivity contribution in [3.63, 3.8) is 0 Å². The van der Waals surface area contributed by atoms with E-state index in [1.54, 1.807) is 12.3 Å². The quantitative estimate of drug-likeness (QED) is 0.511. The monoisotopic (exact) mass is 242 g/mol. The van der Waals surface area contributed by atoms with E-state index in [-0.39, 0.29) is 5.25 Å². The van der Waals surface area contributed by atoms with Gasteiger partial charge in [0.1, 0.15) is 11.6 Å². The Labute approximate surface area is 98.3 Å². The number of pyridine rings is 1. The van der Waals surface area contributed by atoms with Crippen LogP contribution >= 0.6 is 0 Å². The van der Waals surface area contributed by atoms with Gasteiger partial charge < -0.3 is 10.7 Å². The Balaban J connectivity index is 2.39. The lowest BCUT2D eigenvalue weighted by molar-refractivity contribution is 0.672. The van der Waals surface area contributed by atoms with E-state index in [4.69, 9.17) is 5.84 Å². The summed E-state index contributed by atoms with van der Waals surface area (Å²) >= 11 is 0. The van der Waals surface area contributed by atoms with E-state index in [9.17, 15) is 4.21 Å². The van der Waals surface area contributed by atoms with Gasteiger partial charge in [-0.2, -0.15) is 0 Å². The molecule has 90 valence electrons. The average Bonchev–Trinajstić information content (AvgIpc) is 2.29. The normalized spacial score (nSPS) is 14.2. The standard InChI is InChI=1S/C10H18N4OS/c1-8(16(2)15)6-7-12-9-4-3-5-10(13-9)14-11/h3-5,8H,6-7,11H2,1-2H3,(H2,12,13,14). The van der Waals surface area contributed by atoms with Crippen molar-refractivity contribution in [2.75, 3.05) is 23.5 Å². The van der Waals surface area contributed by atoms with Gasteiger partial charge in [0.2, 0.25) is 0 Å². The fourth-order valence-corrected chi connectivity index (χ4v) is 1.63. The first kappa shape index (κ1) is 12.9. The number of hydrazine groups is 1. The molecule has 0 radical (unpaired) electrons. The molecule has 0 amide bonds. The summed E-state index contributed by atoms with van der Waals surface area (Å²) in [6, 6.07) is 5.52. The highest BCUT2D eigenvalue weighted by Gasteiger charge is 2.05. The summed E-state index contributed by atoms with van der Waals surface area (Å²) in [6.45, 7) is 2.73. The molecule has 1 aromatic rings. The second kappa shape index (κ2) is 6.44. The van der Waals surface area contributed by atoms with Gasteiger partial charge in [-0.25, -0.2) is 10.8 Å². The molecule has 0 aliphatic heterocycles. The van der Waals surface area contributed by atoms with Crippen LogP contribution in [0.4, 0.5) is 11.6 Å².